The molecule has 0 radical (unpaired) electrons. The van der Waals surface area contributed by atoms with Crippen LogP contribution in [0.3, 0.4) is 0 Å². The lowest BCUT2D eigenvalue weighted by Gasteiger charge is -2.20. The van der Waals surface area contributed by atoms with E-state index in [9.17, 15) is 8.42 Å². The monoisotopic (exact) mass is 299 g/mol. The van der Waals surface area contributed by atoms with Gasteiger partial charge in [0, 0.05) is 37.6 Å². The highest BCUT2D eigenvalue weighted by Gasteiger charge is 2.38. The third kappa shape index (κ3) is 3.07. The Bertz CT molecular complexity index is 525. The predicted octanol–water partition coefficient (Wildman–Crippen LogP) is 1.92. The molecule has 1 fully saturated rings. The smallest absolute Gasteiger partial charge is 0.244 e. The lowest BCUT2D eigenvalue weighted by molar-refractivity contribution is 0.395. The molecule has 5 nitrogen and oxygen atoms in total. The molecule has 0 atom stereocenters. The molecule has 2 rings (SSSR count). The minimum absolute atomic E-state index is 0.206. The number of aromatic nitrogens is 1. The number of unbranched alkanes of at least 4 members (excludes halogenated alkanes) is 1. The molecule has 2 N–H and O–H groups in total. The second kappa shape index (κ2) is 6.28. The van der Waals surface area contributed by atoms with Crippen molar-refractivity contribution in [2.45, 2.75) is 63.6 Å². The van der Waals surface area contributed by atoms with E-state index in [-0.39, 0.29) is 6.04 Å². The Hall–Kier alpha value is -0.850. The van der Waals surface area contributed by atoms with Gasteiger partial charge in [0.25, 0.3) is 0 Å². The molecule has 1 aromatic rings. The van der Waals surface area contributed by atoms with Gasteiger partial charge in [-0.15, -0.1) is 0 Å². The fourth-order valence-electron chi connectivity index (χ4n) is 2.44. The van der Waals surface area contributed by atoms with Crippen molar-refractivity contribution in [3.05, 3.63) is 18.0 Å². The van der Waals surface area contributed by atoms with Crippen LogP contribution in [0.4, 0.5) is 0 Å². The van der Waals surface area contributed by atoms with Crippen molar-refractivity contribution in [1.29, 1.82) is 0 Å². The van der Waals surface area contributed by atoms with Crippen LogP contribution in [0.1, 0.15) is 45.2 Å². The van der Waals surface area contributed by atoms with Crippen molar-refractivity contribution < 1.29 is 8.42 Å². The quantitative estimate of drug-likeness (QED) is 0.797. The summed E-state index contributed by atoms with van der Waals surface area (Å²) < 4.78 is 29.2. The van der Waals surface area contributed by atoms with Gasteiger partial charge in [0.2, 0.25) is 10.0 Å². The molecule has 0 aromatic carbocycles. The van der Waals surface area contributed by atoms with E-state index in [4.69, 9.17) is 5.73 Å². The van der Waals surface area contributed by atoms with Crippen molar-refractivity contribution in [1.82, 2.24) is 8.87 Å². The molecule has 1 saturated carbocycles. The average molecular weight is 299 g/mol. The van der Waals surface area contributed by atoms with E-state index >= 15 is 0 Å². The zero-order valence-corrected chi connectivity index (χ0v) is 13.2. The normalized spacial score (nSPS) is 16.0. The molecule has 1 heterocycles. The number of nitrogens with two attached hydrogens (primary N) is 1. The van der Waals surface area contributed by atoms with Crippen LogP contribution in [-0.2, 0) is 23.1 Å². The standard InChI is InChI=1S/C14H25N3O2S/c1-3-5-8-17(12-6-7-12)20(18,19)14-9-13(10-15)16(4-2)11-14/h9,11-12H,3-8,10,15H2,1-2H3. The van der Waals surface area contributed by atoms with Crippen LogP contribution in [0.5, 0.6) is 0 Å². The van der Waals surface area contributed by atoms with Crippen molar-refractivity contribution in [2.75, 3.05) is 6.54 Å². The summed E-state index contributed by atoms with van der Waals surface area (Å²) in [5, 5.41) is 0. The Balaban J connectivity index is 2.29. The first-order valence-corrected chi connectivity index (χ1v) is 8.89. The molecule has 0 spiro atoms. The maximum absolute atomic E-state index is 12.8. The zero-order chi connectivity index (χ0) is 14.8. The van der Waals surface area contributed by atoms with Crippen LogP contribution in [0.25, 0.3) is 0 Å². The van der Waals surface area contributed by atoms with Gasteiger partial charge in [-0.2, -0.15) is 4.31 Å². The number of nitrogens with zero attached hydrogens (tertiary/aromatic N) is 2. The van der Waals surface area contributed by atoms with Gasteiger partial charge in [0.15, 0.2) is 0 Å². The Kier molecular flexibility index (Phi) is 4.88. The summed E-state index contributed by atoms with van der Waals surface area (Å²) in [4.78, 5) is 0.391. The summed E-state index contributed by atoms with van der Waals surface area (Å²) in [6, 6.07) is 1.93. The summed E-state index contributed by atoms with van der Waals surface area (Å²) in [6.07, 6.45) is 5.61. The van der Waals surface area contributed by atoms with Crippen LogP contribution >= 0.6 is 0 Å². The minimum Gasteiger partial charge on any atom is -0.349 e. The fraction of sp³-hybridized carbons (Fsp3) is 0.714. The Morgan fingerprint density at radius 2 is 2.10 bits per heavy atom. The summed E-state index contributed by atoms with van der Waals surface area (Å²) in [5.41, 5.74) is 6.55. The largest absolute Gasteiger partial charge is 0.349 e. The molecular weight excluding hydrogens is 274 g/mol. The zero-order valence-electron chi connectivity index (χ0n) is 12.4. The minimum atomic E-state index is -3.37. The molecule has 1 aliphatic rings. The number of sulfonamides is 1. The molecule has 1 aromatic heterocycles. The average Bonchev–Trinajstić information content (AvgIpc) is 3.16. The Morgan fingerprint density at radius 3 is 2.55 bits per heavy atom. The van der Waals surface area contributed by atoms with Gasteiger partial charge in [0.05, 0.1) is 0 Å². The highest BCUT2D eigenvalue weighted by molar-refractivity contribution is 7.89. The van der Waals surface area contributed by atoms with Gasteiger partial charge in [-0.3, -0.25) is 0 Å². The molecule has 0 aliphatic heterocycles. The topological polar surface area (TPSA) is 68.3 Å². The van der Waals surface area contributed by atoms with E-state index in [0.29, 0.717) is 18.0 Å². The fourth-order valence-corrected chi connectivity index (χ4v) is 4.23. The summed E-state index contributed by atoms with van der Waals surface area (Å²) in [5.74, 6) is 0. The van der Waals surface area contributed by atoms with Crippen LogP contribution < -0.4 is 5.73 Å². The maximum atomic E-state index is 12.8. The van der Waals surface area contributed by atoms with Gasteiger partial charge in [-0.05, 0) is 32.3 Å². The Labute approximate surface area is 121 Å². The molecule has 0 amide bonds. The first kappa shape index (κ1) is 15.5. The van der Waals surface area contributed by atoms with Crippen molar-refractivity contribution in [2.24, 2.45) is 5.73 Å². The van der Waals surface area contributed by atoms with Crippen molar-refractivity contribution in [3.8, 4) is 0 Å². The number of hydrogen-bond acceptors (Lipinski definition) is 3. The van der Waals surface area contributed by atoms with Gasteiger partial charge in [-0.25, -0.2) is 8.42 Å². The maximum Gasteiger partial charge on any atom is 0.244 e. The first-order chi connectivity index (χ1) is 9.54. The third-order valence-corrected chi connectivity index (χ3v) is 5.72. The van der Waals surface area contributed by atoms with E-state index in [1.165, 1.54) is 0 Å². The van der Waals surface area contributed by atoms with E-state index in [0.717, 1.165) is 37.9 Å². The molecule has 0 bridgehead atoms. The van der Waals surface area contributed by atoms with Crippen LogP contribution in [0.15, 0.2) is 17.2 Å². The molecule has 0 saturated heterocycles. The second-order valence-electron chi connectivity index (χ2n) is 5.36. The van der Waals surface area contributed by atoms with Gasteiger partial charge in [0.1, 0.15) is 4.90 Å². The van der Waals surface area contributed by atoms with Crippen LogP contribution in [-0.4, -0.2) is 29.9 Å². The molecule has 20 heavy (non-hydrogen) atoms. The molecule has 114 valence electrons. The summed E-state index contributed by atoms with van der Waals surface area (Å²) in [6.45, 7) is 5.80. The number of hydrogen-bond donors (Lipinski definition) is 1. The van der Waals surface area contributed by atoms with Gasteiger partial charge in [-0.1, -0.05) is 13.3 Å². The second-order valence-corrected chi connectivity index (χ2v) is 7.25. The summed E-state index contributed by atoms with van der Waals surface area (Å²) >= 11 is 0. The highest BCUT2D eigenvalue weighted by atomic mass is 32.2. The number of aryl methyl sites for hydroxylation is 1. The molecular formula is C14H25N3O2S. The molecule has 6 heteroatoms. The van der Waals surface area contributed by atoms with E-state index in [1.807, 2.05) is 11.5 Å². The van der Waals surface area contributed by atoms with Crippen molar-refractivity contribution in [3.63, 3.8) is 0 Å². The Morgan fingerprint density at radius 1 is 1.40 bits per heavy atom. The SMILES string of the molecule is CCCCN(C1CC1)S(=O)(=O)c1cc(CN)n(CC)c1. The van der Waals surface area contributed by atoms with Gasteiger partial charge < -0.3 is 10.3 Å². The van der Waals surface area contributed by atoms with Crippen LogP contribution in [0.2, 0.25) is 0 Å². The summed E-state index contributed by atoms with van der Waals surface area (Å²) in [7, 11) is -3.37. The molecule has 0 unspecified atom stereocenters. The first-order valence-electron chi connectivity index (χ1n) is 7.45. The van der Waals surface area contributed by atoms with Gasteiger partial charge >= 0.3 is 0 Å². The predicted molar refractivity (Wildman–Crippen MR) is 79.8 cm³/mol. The highest BCUT2D eigenvalue weighted by Crippen LogP contribution is 2.32. The van der Waals surface area contributed by atoms with Crippen molar-refractivity contribution >= 4 is 10.0 Å². The van der Waals surface area contributed by atoms with Crippen LogP contribution in [0, 0.1) is 0 Å². The third-order valence-electron chi connectivity index (χ3n) is 3.80. The van der Waals surface area contributed by atoms with E-state index < -0.39 is 10.0 Å². The molecule has 1 aliphatic carbocycles. The lowest BCUT2D eigenvalue weighted by atomic mass is 10.3. The lowest BCUT2D eigenvalue weighted by Crippen LogP contribution is -2.33. The van der Waals surface area contributed by atoms with E-state index in [2.05, 4.69) is 6.92 Å². The van der Waals surface area contributed by atoms with E-state index in [1.54, 1.807) is 16.6 Å². The number of rotatable bonds is 8.